The van der Waals surface area contributed by atoms with Gasteiger partial charge in [-0.05, 0) is 55.5 Å². The normalized spacial score (nSPS) is 20.8. The van der Waals surface area contributed by atoms with Crippen LogP contribution in [-0.4, -0.2) is 29.9 Å². The predicted molar refractivity (Wildman–Crippen MR) is 123 cm³/mol. The maximum atomic E-state index is 13.5. The summed E-state index contributed by atoms with van der Waals surface area (Å²) in [7, 11) is 0. The van der Waals surface area contributed by atoms with E-state index in [0.717, 1.165) is 62.9 Å². The average molecular weight is 441 g/mol. The third kappa shape index (κ3) is 4.69. The summed E-state index contributed by atoms with van der Waals surface area (Å²) in [5, 5.41) is 3.74. The standard InChI is InChI=1S/C24H29ClN4O2/c25-19-8-4-7-18(14-19)24(11-2-1-3-12-24)23(31)28-20-9-10-21(27-15-20)29-13-5-6-17(16-29)22(26)30/h4,7-10,14-15,17H,1-3,5-6,11-13,16H2,(H2,26,30)(H,28,31). The molecule has 2 fully saturated rings. The van der Waals surface area contributed by atoms with Crippen molar-refractivity contribution in [2.75, 3.05) is 23.3 Å². The SMILES string of the molecule is NC(=O)C1CCCN(c2ccc(NC(=O)C3(c4cccc(Cl)c4)CCCCC3)cn2)C1. The van der Waals surface area contributed by atoms with E-state index in [2.05, 4.69) is 15.2 Å². The number of nitrogens with two attached hydrogens (primary N) is 1. The molecule has 0 bridgehead atoms. The van der Waals surface area contributed by atoms with E-state index in [1.54, 1.807) is 6.20 Å². The van der Waals surface area contributed by atoms with Gasteiger partial charge in [0.2, 0.25) is 11.8 Å². The van der Waals surface area contributed by atoms with E-state index in [-0.39, 0.29) is 17.7 Å². The summed E-state index contributed by atoms with van der Waals surface area (Å²) in [6.45, 7) is 1.44. The van der Waals surface area contributed by atoms with Crippen LogP contribution < -0.4 is 16.0 Å². The fourth-order valence-corrected chi connectivity index (χ4v) is 5.09. The first-order valence-corrected chi connectivity index (χ1v) is 11.4. The molecule has 1 saturated carbocycles. The highest BCUT2D eigenvalue weighted by molar-refractivity contribution is 6.30. The smallest absolute Gasteiger partial charge is 0.235 e. The van der Waals surface area contributed by atoms with Gasteiger partial charge in [0.15, 0.2) is 0 Å². The van der Waals surface area contributed by atoms with Crippen LogP contribution in [0.1, 0.15) is 50.5 Å². The molecule has 0 spiro atoms. The van der Waals surface area contributed by atoms with E-state index in [1.807, 2.05) is 36.4 Å². The number of nitrogens with one attached hydrogen (secondary N) is 1. The van der Waals surface area contributed by atoms with Crippen molar-refractivity contribution in [3.8, 4) is 0 Å². The van der Waals surface area contributed by atoms with Crippen LogP contribution in [0, 0.1) is 5.92 Å². The first kappa shape index (κ1) is 21.6. The number of nitrogens with zero attached hydrogens (tertiary/aromatic N) is 2. The lowest BCUT2D eigenvalue weighted by molar-refractivity contribution is -0.123. The first-order chi connectivity index (χ1) is 15.0. The zero-order chi connectivity index (χ0) is 21.8. The van der Waals surface area contributed by atoms with E-state index >= 15 is 0 Å². The lowest BCUT2D eigenvalue weighted by Crippen LogP contribution is -2.42. The fraction of sp³-hybridized carbons (Fsp3) is 0.458. The Kier molecular flexibility index (Phi) is 6.46. The van der Waals surface area contributed by atoms with Crippen molar-refractivity contribution in [3.63, 3.8) is 0 Å². The minimum absolute atomic E-state index is 0.00391. The highest BCUT2D eigenvalue weighted by Crippen LogP contribution is 2.41. The Labute approximate surface area is 188 Å². The topological polar surface area (TPSA) is 88.3 Å². The Bertz CT molecular complexity index is 941. The number of hydrogen-bond acceptors (Lipinski definition) is 4. The van der Waals surface area contributed by atoms with Crippen LogP contribution >= 0.6 is 11.6 Å². The quantitative estimate of drug-likeness (QED) is 0.726. The Morgan fingerprint density at radius 3 is 2.61 bits per heavy atom. The Balaban J connectivity index is 1.50. The molecule has 2 aliphatic rings. The molecule has 6 nitrogen and oxygen atoms in total. The molecule has 2 heterocycles. The molecule has 1 aromatic carbocycles. The van der Waals surface area contributed by atoms with Gasteiger partial charge in [-0.15, -0.1) is 0 Å². The summed E-state index contributed by atoms with van der Waals surface area (Å²) in [6, 6.07) is 11.4. The van der Waals surface area contributed by atoms with Gasteiger partial charge in [0.1, 0.15) is 5.82 Å². The molecule has 2 aromatic rings. The van der Waals surface area contributed by atoms with E-state index < -0.39 is 5.41 Å². The predicted octanol–water partition coefficient (Wildman–Crippen LogP) is 4.28. The molecule has 1 unspecified atom stereocenters. The van der Waals surface area contributed by atoms with Crippen molar-refractivity contribution in [2.24, 2.45) is 11.7 Å². The van der Waals surface area contributed by atoms with Crippen LogP contribution in [0.3, 0.4) is 0 Å². The molecule has 1 aliphatic heterocycles. The molecule has 31 heavy (non-hydrogen) atoms. The number of halogens is 1. The molecule has 2 amide bonds. The highest BCUT2D eigenvalue weighted by atomic mass is 35.5. The van der Waals surface area contributed by atoms with Gasteiger partial charge in [-0.25, -0.2) is 4.98 Å². The van der Waals surface area contributed by atoms with E-state index in [4.69, 9.17) is 17.3 Å². The van der Waals surface area contributed by atoms with Crippen LogP contribution in [0.5, 0.6) is 0 Å². The summed E-state index contributed by atoms with van der Waals surface area (Å²) < 4.78 is 0. The lowest BCUT2D eigenvalue weighted by Gasteiger charge is -2.36. The van der Waals surface area contributed by atoms with Crippen LogP contribution in [-0.2, 0) is 15.0 Å². The number of rotatable bonds is 5. The van der Waals surface area contributed by atoms with Crippen molar-refractivity contribution in [2.45, 2.75) is 50.4 Å². The second-order valence-corrected chi connectivity index (χ2v) is 9.14. The molecule has 164 valence electrons. The molecule has 1 atom stereocenters. The van der Waals surface area contributed by atoms with Crippen LogP contribution in [0.2, 0.25) is 5.02 Å². The molecule has 0 radical (unpaired) electrons. The number of aromatic nitrogens is 1. The third-order valence-corrected chi connectivity index (χ3v) is 6.91. The summed E-state index contributed by atoms with van der Waals surface area (Å²) in [5.41, 5.74) is 6.57. The number of anilines is 2. The van der Waals surface area contributed by atoms with Gasteiger partial charge in [-0.2, -0.15) is 0 Å². The zero-order valence-corrected chi connectivity index (χ0v) is 18.4. The second-order valence-electron chi connectivity index (χ2n) is 8.70. The number of piperidine rings is 1. The van der Waals surface area contributed by atoms with E-state index in [0.29, 0.717) is 17.3 Å². The maximum absolute atomic E-state index is 13.5. The van der Waals surface area contributed by atoms with Gasteiger partial charge in [-0.3, -0.25) is 9.59 Å². The Morgan fingerprint density at radius 1 is 1.13 bits per heavy atom. The van der Waals surface area contributed by atoms with Crippen LogP contribution in [0.25, 0.3) is 0 Å². The number of carbonyl (C=O) groups is 2. The van der Waals surface area contributed by atoms with Crippen molar-refractivity contribution in [3.05, 3.63) is 53.2 Å². The van der Waals surface area contributed by atoms with Crippen LogP contribution in [0.4, 0.5) is 11.5 Å². The van der Waals surface area contributed by atoms with Gasteiger partial charge in [0.05, 0.1) is 23.2 Å². The number of benzene rings is 1. The zero-order valence-electron chi connectivity index (χ0n) is 17.6. The van der Waals surface area contributed by atoms with Gasteiger partial charge in [0.25, 0.3) is 0 Å². The minimum Gasteiger partial charge on any atom is -0.369 e. The number of primary amides is 1. The molecule has 7 heteroatoms. The third-order valence-electron chi connectivity index (χ3n) is 6.67. The molecule has 3 N–H and O–H groups in total. The molecule has 1 aliphatic carbocycles. The monoisotopic (exact) mass is 440 g/mol. The van der Waals surface area contributed by atoms with Gasteiger partial charge >= 0.3 is 0 Å². The minimum atomic E-state index is -0.566. The summed E-state index contributed by atoms with van der Waals surface area (Å²) >= 11 is 6.24. The molecular formula is C24H29ClN4O2. The van der Waals surface area contributed by atoms with Gasteiger partial charge in [0, 0.05) is 18.1 Å². The fourth-order valence-electron chi connectivity index (χ4n) is 4.90. The highest BCUT2D eigenvalue weighted by Gasteiger charge is 2.41. The largest absolute Gasteiger partial charge is 0.369 e. The number of hydrogen-bond donors (Lipinski definition) is 2. The Hall–Kier alpha value is -2.60. The molecule has 1 aromatic heterocycles. The number of carbonyl (C=O) groups excluding carboxylic acids is 2. The van der Waals surface area contributed by atoms with Crippen molar-refractivity contribution < 1.29 is 9.59 Å². The van der Waals surface area contributed by atoms with E-state index in [1.165, 1.54) is 0 Å². The summed E-state index contributed by atoms with van der Waals surface area (Å²) in [5.74, 6) is 0.396. The van der Waals surface area contributed by atoms with Gasteiger partial charge < -0.3 is 16.0 Å². The first-order valence-electron chi connectivity index (χ1n) is 11.1. The van der Waals surface area contributed by atoms with Crippen molar-refractivity contribution in [1.29, 1.82) is 0 Å². The summed E-state index contributed by atoms with van der Waals surface area (Å²) in [6.07, 6.45) is 8.24. The molecular weight excluding hydrogens is 412 g/mol. The average Bonchev–Trinajstić information content (AvgIpc) is 2.80. The van der Waals surface area contributed by atoms with Gasteiger partial charge in [-0.1, -0.05) is 43.0 Å². The lowest BCUT2D eigenvalue weighted by atomic mass is 9.68. The Morgan fingerprint density at radius 2 is 1.94 bits per heavy atom. The van der Waals surface area contributed by atoms with E-state index in [9.17, 15) is 9.59 Å². The molecule has 1 saturated heterocycles. The van der Waals surface area contributed by atoms with Crippen molar-refractivity contribution in [1.82, 2.24) is 4.98 Å². The maximum Gasteiger partial charge on any atom is 0.235 e. The number of pyridine rings is 1. The molecule has 4 rings (SSSR count). The van der Waals surface area contributed by atoms with Crippen molar-refractivity contribution >= 4 is 34.9 Å². The summed E-state index contributed by atoms with van der Waals surface area (Å²) in [4.78, 5) is 31.6. The second kappa shape index (κ2) is 9.27. The van der Waals surface area contributed by atoms with Crippen LogP contribution in [0.15, 0.2) is 42.6 Å². The number of amides is 2.